The van der Waals surface area contributed by atoms with Crippen LogP contribution in [0.25, 0.3) is 0 Å². The molecule has 0 saturated heterocycles. The average molecular weight is 424 g/mol. The number of halogens is 1. The molecule has 0 aliphatic heterocycles. The van der Waals surface area contributed by atoms with Crippen LogP contribution in [-0.2, 0) is 16.6 Å². The van der Waals surface area contributed by atoms with Gasteiger partial charge in [-0.3, -0.25) is 4.98 Å². The molecule has 0 bridgehead atoms. The van der Waals surface area contributed by atoms with Gasteiger partial charge in [0.15, 0.2) is 0 Å². The second-order valence-electron chi connectivity index (χ2n) is 3.74. The molecule has 2 aromatic rings. The van der Waals surface area contributed by atoms with Crippen LogP contribution < -0.4 is 4.72 Å². The summed E-state index contributed by atoms with van der Waals surface area (Å²) in [6, 6.07) is 3.99. The van der Waals surface area contributed by atoms with Gasteiger partial charge in [0.2, 0.25) is 10.0 Å². The number of carboxylic acids is 1. The van der Waals surface area contributed by atoms with Crippen LogP contribution in [0.4, 0.5) is 0 Å². The van der Waals surface area contributed by atoms with E-state index in [1.807, 2.05) is 22.6 Å². The standard InChI is InChI=1S/C11H9IN2O4S2/c12-10-2-1-8(3-9(10)11(15)16)20(17,18)14-5-7-4-13-6-19-7/h1-4,6,14H,5H2,(H,15,16). The number of nitrogens with one attached hydrogen (secondary N) is 1. The predicted octanol–water partition coefficient (Wildman–Crippen LogP) is 1.92. The molecule has 1 heterocycles. The highest BCUT2D eigenvalue weighted by molar-refractivity contribution is 14.1. The normalized spacial score (nSPS) is 11.4. The van der Waals surface area contributed by atoms with Gasteiger partial charge in [0, 0.05) is 21.2 Å². The Bertz CT molecular complexity index is 729. The third kappa shape index (κ3) is 3.53. The third-order valence-electron chi connectivity index (χ3n) is 2.40. The topological polar surface area (TPSA) is 96.4 Å². The van der Waals surface area contributed by atoms with E-state index in [9.17, 15) is 13.2 Å². The SMILES string of the molecule is O=C(O)c1cc(S(=O)(=O)NCc2cncs2)ccc1I. The second kappa shape index (κ2) is 6.16. The molecular formula is C11H9IN2O4S2. The summed E-state index contributed by atoms with van der Waals surface area (Å²) in [4.78, 5) is 15.6. The number of thiazole rings is 1. The molecule has 0 spiro atoms. The molecular weight excluding hydrogens is 415 g/mol. The second-order valence-corrected chi connectivity index (χ2v) is 7.64. The summed E-state index contributed by atoms with van der Waals surface area (Å²) in [5.74, 6) is -1.16. The number of aromatic carboxylic acids is 1. The van der Waals surface area contributed by atoms with E-state index < -0.39 is 16.0 Å². The minimum Gasteiger partial charge on any atom is -0.478 e. The van der Waals surface area contributed by atoms with Gasteiger partial charge in [-0.2, -0.15) is 0 Å². The van der Waals surface area contributed by atoms with Gasteiger partial charge in [-0.15, -0.1) is 11.3 Å². The molecule has 0 radical (unpaired) electrons. The molecule has 1 aromatic carbocycles. The number of nitrogens with zero attached hydrogens (tertiary/aromatic N) is 1. The molecule has 0 aliphatic rings. The van der Waals surface area contributed by atoms with E-state index in [4.69, 9.17) is 5.11 Å². The zero-order valence-corrected chi connectivity index (χ0v) is 13.7. The Balaban J connectivity index is 2.25. The van der Waals surface area contributed by atoms with E-state index >= 15 is 0 Å². The molecule has 2 rings (SSSR count). The van der Waals surface area contributed by atoms with Crippen molar-refractivity contribution in [2.75, 3.05) is 0 Å². The van der Waals surface area contributed by atoms with Crippen LogP contribution in [0, 0.1) is 3.57 Å². The molecule has 0 unspecified atom stereocenters. The molecule has 0 saturated carbocycles. The Labute approximate surface area is 133 Å². The van der Waals surface area contributed by atoms with Gasteiger partial charge in [-0.05, 0) is 40.8 Å². The lowest BCUT2D eigenvalue weighted by atomic mass is 10.2. The summed E-state index contributed by atoms with van der Waals surface area (Å²) in [7, 11) is -3.75. The smallest absolute Gasteiger partial charge is 0.336 e. The lowest BCUT2D eigenvalue weighted by Gasteiger charge is -2.07. The van der Waals surface area contributed by atoms with Crippen molar-refractivity contribution in [2.45, 2.75) is 11.4 Å². The quantitative estimate of drug-likeness (QED) is 0.716. The number of rotatable bonds is 5. The van der Waals surface area contributed by atoms with Crippen molar-refractivity contribution in [3.63, 3.8) is 0 Å². The highest BCUT2D eigenvalue weighted by Gasteiger charge is 2.18. The first-order chi connectivity index (χ1) is 9.40. The summed E-state index contributed by atoms with van der Waals surface area (Å²) >= 11 is 3.18. The molecule has 9 heteroatoms. The number of hydrogen-bond acceptors (Lipinski definition) is 5. The van der Waals surface area contributed by atoms with Gasteiger partial charge in [0.1, 0.15) is 0 Å². The van der Waals surface area contributed by atoms with E-state index in [1.54, 1.807) is 11.7 Å². The summed E-state index contributed by atoms with van der Waals surface area (Å²) in [5.41, 5.74) is 1.57. The van der Waals surface area contributed by atoms with Crippen LogP contribution in [0.5, 0.6) is 0 Å². The van der Waals surface area contributed by atoms with Crippen LogP contribution in [0.2, 0.25) is 0 Å². The van der Waals surface area contributed by atoms with Crippen molar-refractivity contribution in [3.05, 3.63) is 43.9 Å². The van der Waals surface area contributed by atoms with Crippen molar-refractivity contribution in [3.8, 4) is 0 Å². The maximum absolute atomic E-state index is 12.1. The number of carbonyl (C=O) groups is 1. The first-order valence-corrected chi connectivity index (χ1v) is 8.74. The van der Waals surface area contributed by atoms with Crippen LogP contribution in [0.15, 0.2) is 34.8 Å². The number of hydrogen-bond donors (Lipinski definition) is 2. The minimum absolute atomic E-state index is 0.0359. The van der Waals surface area contributed by atoms with Crippen molar-refractivity contribution in [2.24, 2.45) is 0 Å². The number of carboxylic acid groups (broad SMARTS) is 1. The van der Waals surface area contributed by atoms with Crippen LogP contribution in [0.3, 0.4) is 0 Å². The first-order valence-electron chi connectivity index (χ1n) is 5.30. The fraction of sp³-hybridized carbons (Fsp3) is 0.0909. The fourth-order valence-corrected chi connectivity index (χ4v) is 3.64. The number of sulfonamides is 1. The highest BCUT2D eigenvalue weighted by Crippen LogP contribution is 2.18. The van der Waals surface area contributed by atoms with E-state index in [0.717, 1.165) is 10.9 Å². The Morgan fingerprint density at radius 3 is 2.80 bits per heavy atom. The van der Waals surface area contributed by atoms with Crippen LogP contribution in [-0.4, -0.2) is 24.5 Å². The Morgan fingerprint density at radius 2 is 2.20 bits per heavy atom. The monoisotopic (exact) mass is 424 g/mol. The maximum Gasteiger partial charge on any atom is 0.336 e. The molecule has 106 valence electrons. The van der Waals surface area contributed by atoms with E-state index in [2.05, 4.69) is 9.71 Å². The highest BCUT2D eigenvalue weighted by atomic mass is 127. The molecule has 1 aromatic heterocycles. The molecule has 0 atom stereocenters. The summed E-state index contributed by atoms with van der Waals surface area (Å²) in [6.45, 7) is 0.126. The lowest BCUT2D eigenvalue weighted by molar-refractivity contribution is 0.0695. The number of benzene rings is 1. The van der Waals surface area contributed by atoms with Gasteiger partial charge in [0.05, 0.1) is 16.0 Å². The van der Waals surface area contributed by atoms with Gasteiger partial charge >= 0.3 is 5.97 Å². The Morgan fingerprint density at radius 1 is 1.45 bits per heavy atom. The minimum atomic E-state index is -3.75. The lowest BCUT2D eigenvalue weighted by Crippen LogP contribution is -2.23. The van der Waals surface area contributed by atoms with E-state index in [0.29, 0.717) is 3.57 Å². The molecule has 2 N–H and O–H groups in total. The summed E-state index contributed by atoms with van der Waals surface area (Å²) < 4.78 is 27.1. The zero-order chi connectivity index (χ0) is 14.8. The fourth-order valence-electron chi connectivity index (χ4n) is 1.41. The Hall–Kier alpha value is -1.04. The van der Waals surface area contributed by atoms with Crippen molar-refractivity contribution in [1.29, 1.82) is 0 Å². The average Bonchev–Trinajstić information content (AvgIpc) is 2.89. The summed E-state index contributed by atoms with van der Waals surface area (Å²) in [6.07, 6.45) is 1.57. The zero-order valence-electron chi connectivity index (χ0n) is 9.91. The predicted molar refractivity (Wildman–Crippen MR) is 82.3 cm³/mol. The van der Waals surface area contributed by atoms with Crippen LogP contribution >= 0.6 is 33.9 Å². The van der Waals surface area contributed by atoms with Gasteiger partial charge in [-0.25, -0.2) is 17.9 Å². The van der Waals surface area contributed by atoms with E-state index in [1.165, 1.54) is 23.5 Å². The van der Waals surface area contributed by atoms with Gasteiger partial charge < -0.3 is 5.11 Å². The summed E-state index contributed by atoms with van der Waals surface area (Å²) in [5, 5.41) is 9.01. The largest absolute Gasteiger partial charge is 0.478 e. The van der Waals surface area contributed by atoms with Crippen LogP contribution in [0.1, 0.15) is 15.2 Å². The number of aromatic nitrogens is 1. The van der Waals surface area contributed by atoms with Crippen molar-refractivity contribution in [1.82, 2.24) is 9.71 Å². The first kappa shape index (κ1) is 15.4. The molecule has 0 aliphatic carbocycles. The van der Waals surface area contributed by atoms with Gasteiger partial charge in [-0.1, -0.05) is 0 Å². The molecule has 6 nitrogen and oxygen atoms in total. The Kier molecular flexibility index (Phi) is 4.73. The van der Waals surface area contributed by atoms with Crippen molar-refractivity contribution >= 4 is 49.9 Å². The maximum atomic E-state index is 12.1. The molecule has 0 amide bonds. The third-order valence-corrected chi connectivity index (χ3v) is 5.52. The molecule has 20 heavy (non-hydrogen) atoms. The molecule has 0 fully saturated rings. The van der Waals surface area contributed by atoms with E-state index in [-0.39, 0.29) is 17.0 Å². The van der Waals surface area contributed by atoms with Gasteiger partial charge in [0.25, 0.3) is 0 Å². The van der Waals surface area contributed by atoms with Crippen molar-refractivity contribution < 1.29 is 18.3 Å².